The SMILES string of the molecule is CCC(CC)C(=O)Nc1ccc(NCc2ccccc2F)cn1. The van der Waals surface area contributed by atoms with Gasteiger partial charge in [-0.1, -0.05) is 32.0 Å². The van der Waals surface area contributed by atoms with Crippen LogP contribution in [0.1, 0.15) is 32.3 Å². The Kier molecular flexibility index (Phi) is 6.09. The summed E-state index contributed by atoms with van der Waals surface area (Å²) in [5.74, 6) is 0.297. The molecule has 122 valence electrons. The number of halogens is 1. The molecular formula is C18H22FN3O. The molecule has 0 unspecified atom stereocenters. The van der Waals surface area contributed by atoms with Gasteiger partial charge in [-0.25, -0.2) is 9.37 Å². The maximum Gasteiger partial charge on any atom is 0.228 e. The third-order valence-electron chi connectivity index (χ3n) is 3.81. The zero-order valence-electron chi connectivity index (χ0n) is 13.5. The van der Waals surface area contributed by atoms with Gasteiger partial charge in [0.1, 0.15) is 11.6 Å². The number of nitrogens with zero attached hydrogens (tertiary/aromatic N) is 1. The van der Waals surface area contributed by atoms with Gasteiger partial charge in [-0.3, -0.25) is 4.79 Å². The number of amides is 1. The van der Waals surface area contributed by atoms with E-state index < -0.39 is 0 Å². The minimum Gasteiger partial charge on any atom is -0.380 e. The van der Waals surface area contributed by atoms with E-state index in [1.165, 1.54) is 6.07 Å². The van der Waals surface area contributed by atoms with Crippen LogP contribution < -0.4 is 10.6 Å². The Morgan fingerprint density at radius 2 is 1.91 bits per heavy atom. The van der Waals surface area contributed by atoms with Crippen molar-refractivity contribution in [3.8, 4) is 0 Å². The van der Waals surface area contributed by atoms with Gasteiger partial charge >= 0.3 is 0 Å². The van der Waals surface area contributed by atoms with E-state index in [9.17, 15) is 9.18 Å². The van der Waals surface area contributed by atoms with E-state index in [4.69, 9.17) is 0 Å². The maximum atomic E-state index is 13.5. The lowest BCUT2D eigenvalue weighted by Gasteiger charge is -2.12. The highest BCUT2D eigenvalue weighted by atomic mass is 19.1. The monoisotopic (exact) mass is 315 g/mol. The summed E-state index contributed by atoms with van der Waals surface area (Å²) >= 11 is 0. The van der Waals surface area contributed by atoms with E-state index in [1.807, 2.05) is 19.9 Å². The molecule has 2 aromatic rings. The molecule has 1 aromatic heterocycles. The molecule has 0 saturated carbocycles. The molecule has 0 atom stereocenters. The van der Waals surface area contributed by atoms with Crippen LogP contribution in [-0.2, 0) is 11.3 Å². The molecule has 0 saturated heterocycles. The number of carbonyl (C=O) groups excluding carboxylic acids is 1. The maximum absolute atomic E-state index is 13.5. The van der Waals surface area contributed by atoms with Crippen molar-refractivity contribution in [1.29, 1.82) is 0 Å². The number of hydrogen-bond acceptors (Lipinski definition) is 3. The summed E-state index contributed by atoms with van der Waals surface area (Å²) in [4.78, 5) is 16.2. The van der Waals surface area contributed by atoms with Crippen LogP contribution in [0.15, 0.2) is 42.6 Å². The van der Waals surface area contributed by atoms with Crippen LogP contribution in [0.4, 0.5) is 15.9 Å². The fourth-order valence-corrected chi connectivity index (χ4v) is 2.30. The summed E-state index contributed by atoms with van der Waals surface area (Å²) in [5.41, 5.74) is 1.37. The molecule has 0 fully saturated rings. The van der Waals surface area contributed by atoms with Gasteiger partial charge in [0.05, 0.1) is 11.9 Å². The van der Waals surface area contributed by atoms with E-state index in [0.29, 0.717) is 17.9 Å². The minimum absolute atomic E-state index is 0.00503. The van der Waals surface area contributed by atoms with Crippen LogP contribution in [0.25, 0.3) is 0 Å². The second-order valence-electron chi connectivity index (χ2n) is 5.38. The third-order valence-corrected chi connectivity index (χ3v) is 3.81. The highest BCUT2D eigenvalue weighted by molar-refractivity contribution is 5.91. The highest BCUT2D eigenvalue weighted by Crippen LogP contribution is 2.15. The van der Waals surface area contributed by atoms with Crippen molar-refractivity contribution in [2.75, 3.05) is 10.6 Å². The van der Waals surface area contributed by atoms with Crippen molar-refractivity contribution in [1.82, 2.24) is 4.98 Å². The molecule has 1 aromatic carbocycles. The normalized spacial score (nSPS) is 10.6. The molecule has 0 bridgehead atoms. The fraction of sp³-hybridized carbons (Fsp3) is 0.333. The molecule has 2 rings (SSSR count). The van der Waals surface area contributed by atoms with Crippen LogP contribution in [0.3, 0.4) is 0 Å². The summed E-state index contributed by atoms with van der Waals surface area (Å²) in [6.45, 7) is 4.38. The van der Waals surface area contributed by atoms with Crippen molar-refractivity contribution < 1.29 is 9.18 Å². The molecule has 1 heterocycles. The van der Waals surface area contributed by atoms with E-state index in [1.54, 1.807) is 30.5 Å². The minimum atomic E-state index is -0.234. The van der Waals surface area contributed by atoms with E-state index >= 15 is 0 Å². The number of anilines is 2. The number of nitrogens with one attached hydrogen (secondary N) is 2. The van der Waals surface area contributed by atoms with Crippen molar-refractivity contribution in [2.45, 2.75) is 33.2 Å². The first kappa shape index (κ1) is 16.9. The molecule has 1 amide bonds. The average molecular weight is 315 g/mol. The molecule has 5 heteroatoms. The van der Waals surface area contributed by atoms with E-state index in [-0.39, 0.29) is 17.6 Å². The standard InChI is InChI=1S/C18H22FN3O/c1-3-13(4-2)18(23)22-17-10-9-15(12-21-17)20-11-14-7-5-6-8-16(14)19/h5-10,12-13,20H,3-4,11H2,1-2H3,(H,21,22,23). The van der Waals surface area contributed by atoms with Gasteiger partial charge in [-0.15, -0.1) is 0 Å². The molecule has 2 N–H and O–H groups in total. The first-order valence-corrected chi connectivity index (χ1v) is 7.88. The summed E-state index contributed by atoms with van der Waals surface area (Å²) in [5, 5.41) is 5.93. The number of rotatable bonds is 7. The molecule has 0 aliphatic rings. The Labute approximate surface area is 136 Å². The van der Waals surface area contributed by atoms with Crippen LogP contribution in [0.2, 0.25) is 0 Å². The van der Waals surface area contributed by atoms with Crippen LogP contribution in [-0.4, -0.2) is 10.9 Å². The second kappa shape index (κ2) is 8.27. The third kappa shape index (κ3) is 4.77. The van der Waals surface area contributed by atoms with Gasteiger partial charge in [0.2, 0.25) is 5.91 Å². The predicted molar refractivity (Wildman–Crippen MR) is 90.7 cm³/mol. The summed E-state index contributed by atoms with van der Waals surface area (Å²) in [6, 6.07) is 10.2. The second-order valence-corrected chi connectivity index (χ2v) is 5.38. The number of hydrogen-bond donors (Lipinski definition) is 2. The lowest BCUT2D eigenvalue weighted by molar-refractivity contribution is -0.120. The van der Waals surface area contributed by atoms with Crippen molar-refractivity contribution in [2.24, 2.45) is 5.92 Å². The zero-order valence-corrected chi connectivity index (χ0v) is 13.5. The van der Waals surface area contributed by atoms with E-state index in [0.717, 1.165) is 18.5 Å². The Bertz CT molecular complexity index is 639. The van der Waals surface area contributed by atoms with Gasteiger partial charge in [0.25, 0.3) is 0 Å². The molecule has 0 radical (unpaired) electrons. The van der Waals surface area contributed by atoms with Crippen LogP contribution in [0, 0.1) is 11.7 Å². The van der Waals surface area contributed by atoms with Crippen LogP contribution >= 0.6 is 0 Å². The fourth-order valence-electron chi connectivity index (χ4n) is 2.30. The average Bonchev–Trinajstić information content (AvgIpc) is 2.56. The van der Waals surface area contributed by atoms with Gasteiger partial charge in [-0.05, 0) is 31.0 Å². The lowest BCUT2D eigenvalue weighted by Crippen LogP contribution is -2.22. The number of benzene rings is 1. The first-order valence-electron chi connectivity index (χ1n) is 7.88. The first-order chi connectivity index (χ1) is 11.1. The number of pyridine rings is 1. The van der Waals surface area contributed by atoms with Gasteiger partial charge in [0.15, 0.2) is 0 Å². The Morgan fingerprint density at radius 3 is 2.52 bits per heavy atom. The van der Waals surface area contributed by atoms with Gasteiger partial charge in [0, 0.05) is 18.0 Å². The van der Waals surface area contributed by atoms with Crippen molar-refractivity contribution >= 4 is 17.4 Å². The molecule has 0 aliphatic heterocycles. The highest BCUT2D eigenvalue weighted by Gasteiger charge is 2.14. The zero-order chi connectivity index (χ0) is 16.7. The summed E-state index contributed by atoms with van der Waals surface area (Å²) in [7, 11) is 0. The van der Waals surface area contributed by atoms with Crippen LogP contribution in [0.5, 0.6) is 0 Å². The van der Waals surface area contributed by atoms with Gasteiger partial charge < -0.3 is 10.6 Å². The Morgan fingerprint density at radius 1 is 1.17 bits per heavy atom. The smallest absolute Gasteiger partial charge is 0.228 e. The molecule has 23 heavy (non-hydrogen) atoms. The number of carbonyl (C=O) groups is 1. The van der Waals surface area contributed by atoms with Crippen molar-refractivity contribution in [3.05, 3.63) is 54.0 Å². The quantitative estimate of drug-likeness (QED) is 0.805. The number of aromatic nitrogens is 1. The topological polar surface area (TPSA) is 54.0 Å². The summed E-state index contributed by atoms with van der Waals surface area (Å²) in [6.07, 6.45) is 3.25. The molecule has 4 nitrogen and oxygen atoms in total. The van der Waals surface area contributed by atoms with Gasteiger partial charge in [-0.2, -0.15) is 0 Å². The largest absolute Gasteiger partial charge is 0.380 e. The Balaban J connectivity index is 1.92. The lowest BCUT2D eigenvalue weighted by atomic mass is 10.0. The molecule has 0 spiro atoms. The molecular weight excluding hydrogens is 293 g/mol. The van der Waals surface area contributed by atoms with E-state index in [2.05, 4.69) is 15.6 Å². The molecule has 0 aliphatic carbocycles. The summed E-state index contributed by atoms with van der Waals surface area (Å²) < 4.78 is 13.5. The Hall–Kier alpha value is -2.43. The van der Waals surface area contributed by atoms with Crippen molar-refractivity contribution in [3.63, 3.8) is 0 Å². The predicted octanol–water partition coefficient (Wildman–Crippen LogP) is 4.21.